The highest BCUT2D eigenvalue weighted by molar-refractivity contribution is 8.77. The summed E-state index contributed by atoms with van der Waals surface area (Å²) in [7, 11) is 1.77. The first-order valence-electron chi connectivity index (χ1n) is 17.3. The van der Waals surface area contributed by atoms with E-state index in [1.54, 1.807) is 35.1 Å². The molecule has 1 heterocycles. The van der Waals surface area contributed by atoms with E-state index in [0.29, 0.717) is 38.1 Å². The van der Waals surface area contributed by atoms with Crippen molar-refractivity contribution in [2.24, 2.45) is 5.73 Å². The summed E-state index contributed by atoms with van der Waals surface area (Å²) in [6, 6.07) is 6.53. The molecule has 0 radical (unpaired) electrons. The second-order valence-electron chi connectivity index (χ2n) is 13.2. The van der Waals surface area contributed by atoms with E-state index in [1.807, 2.05) is 6.26 Å². The molecule has 7 N–H and O–H groups in total. The van der Waals surface area contributed by atoms with Crippen molar-refractivity contribution in [1.29, 1.82) is 0 Å². The number of carbonyl (C=O) groups excluding carboxylic acids is 2. The third-order valence-corrected chi connectivity index (χ3v) is 14.1. The molecule has 306 valence electrons. The van der Waals surface area contributed by atoms with E-state index in [-0.39, 0.29) is 74.2 Å². The number of nitrogens with one attached hydrogen (secondary N) is 2. The van der Waals surface area contributed by atoms with Crippen LogP contribution >= 0.6 is 50.8 Å². The topological polar surface area (TPSA) is 217 Å². The van der Waals surface area contributed by atoms with Crippen molar-refractivity contribution in [2.45, 2.75) is 80.2 Å². The van der Waals surface area contributed by atoms with Crippen LogP contribution in [0.25, 0.3) is 0 Å². The first-order valence-corrected chi connectivity index (χ1v) is 23.7. The summed E-state index contributed by atoms with van der Waals surface area (Å²) in [6.07, 6.45) is 1.19. The van der Waals surface area contributed by atoms with Gasteiger partial charge in [0.05, 0.1) is 39.1 Å². The van der Waals surface area contributed by atoms with Gasteiger partial charge in [-0.15, -0.1) is 0 Å². The lowest BCUT2D eigenvalue weighted by atomic mass is 9.71. The summed E-state index contributed by atoms with van der Waals surface area (Å²) in [5.41, 5.74) is 5.08. The Hall–Kier alpha value is -1.15. The van der Waals surface area contributed by atoms with Crippen molar-refractivity contribution < 1.29 is 57.5 Å². The van der Waals surface area contributed by atoms with Crippen molar-refractivity contribution in [3.63, 3.8) is 0 Å². The Morgan fingerprint density at radius 3 is 2.57 bits per heavy atom. The van der Waals surface area contributed by atoms with Gasteiger partial charge in [0.25, 0.3) is 5.91 Å². The highest BCUT2D eigenvalue weighted by Gasteiger charge is 2.43. The van der Waals surface area contributed by atoms with E-state index in [0.717, 1.165) is 0 Å². The van der Waals surface area contributed by atoms with Crippen LogP contribution < -0.4 is 21.1 Å². The minimum atomic E-state index is -4.54. The molecule has 1 aliphatic heterocycles. The third-order valence-electron chi connectivity index (χ3n) is 7.17. The van der Waals surface area contributed by atoms with Crippen LogP contribution in [0, 0.1) is 11.7 Å². The minimum absolute atomic E-state index is 0.0205. The van der Waals surface area contributed by atoms with Crippen molar-refractivity contribution in [3.8, 4) is 17.5 Å². The van der Waals surface area contributed by atoms with Crippen LogP contribution in [0.4, 0.5) is 0 Å². The fourth-order valence-corrected chi connectivity index (χ4v) is 8.18. The normalized spacial score (nSPS) is 18.7. The summed E-state index contributed by atoms with van der Waals surface area (Å²) >= 11 is 0. The van der Waals surface area contributed by atoms with Crippen LogP contribution in [-0.4, -0.2) is 139 Å². The number of rotatable bonds is 25. The number of benzene rings is 1. The Morgan fingerprint density at radius 1 is 1.15 bits per heavy atom. The Balaban J connectivity index is 1.78. The Morgan fingerprint density at radius 2 is 1.91 bits per heavy atom. The number of hydrogen-bond acceptors (Lipinski definition) is 15. The maximum absolute atomic E-state index is 12.3. The number of aliphatic hydroxyl groups excluding tert-OH is 1. The second kappa shape index (κ2) is 25.3. The van der Waals surface area contributed by atoms with E-state index in [1.165, 1.54) is 46.2 Å². The molecule has 15 nitrogen and oxygen atoms in total. The van der Waals surface area contributed by atoms with E-state index in [4.69, 9.17) is 34.2 Å². The van der Waals surface area contributed by atoms with Gasteiger partial charge in [-0.3, -0.25) is 14.2 Å². The summed E-state index contributed by atoms with van der Waals surface area (Å²) in [4.78, 5) is 43.8. The van der Waals surface area contributed by atoms with Crippen molar-refractivity contribution in [1.82, 2.24) is 10.6 Å². The Labute approximate surface area is 335 Å². The largest absolute Gasteiger partial charge is 0.490 e. The lowest BCUT2D eigenvalue weighted by Gasteiger charge is -2.29. The van der Waals surface area contributed by atoms with Crippen LogP contribution in [0.3, 0.4) is 0 Å². The fourth-order valence-electron chi connectivity index (χ4n) is 4.32. The Kier molecular flexibility index (Phi) is 22.9. The molecule has 1 saturated heterocycles. The van der Waals surface area contributed by atoms with Crippen LogP contribution in [0.2, 0.25) is 0 Å². The predicted molar refractivity (Wildman–Crippen MR) is 219 cm³/mol. The van der Waals surface area contributed by atoms with Gasteiger partial charge < -0.3 is 59.7 Å². The summed E-state index contributed by atoms with van der Waals surface area (Å²) < 4.78 is 46.9. The maximum Gasteiger partial charge on any atom is 0.356 e. The molecule has 0 spiro atoms. The zero-order valence-electron chi connectivity index (χ0n) is 31.6. The van der Waals surface area contributed by atoms with E-state index < -0.39 is 30.6 Å². The molecule has 1 aromatic carbocycles. The van der Waals surface area contributed by atoms with Gasteiger partial charge in [0.1, 0.15) is 35.9 Å². The maximum atomic E-state index is 12.3. The van der Waals surface area contributed by atoms with Gasteiger partial charge in [0.15, 0.2) is 5.34 Å². The number of hydrogen-bond donors (Lipinski definition) is 6. The molecule has 0 bridgehead atoms. The van der Waals surface area contributed by atoms with E-state index >= 15 is 0 Å². The number of carbonyl (C=O) groups is 2. The van der Waals surface area contributed by atoms with Gasteiger partial charge in [-0.05, 0) is 44.7 Å². The lowest BCUT2D eigenvalue weighted by Crippen LogP contribution is -2.36. The average molecular weight is 856 g/mol. The molecular weight excluding hydrogens is 800 g/mol. The number of nitrogens with two attached hydrogens (primary N) is 1. The van der Waals surface area contributed by atoms with Crippen LogP contribution in [0.15, 0.2) is 24.3 Å². The third kappa shape index (κ3) is 19.8. The molecule has 21 heteroatoms. The van der Waals surface area contributed by atoms with Crippen molar-refractivity contribution in [2.75, 3.05) is 65.5 Å². The van der Waals surface area contributed by atoms with Gasteiger partial charge in [0.2, 0.25) is 13.2 Å². The van der Waals surface area contributed by atoms with Gasteiger partial charge in [-0.2, -0.15) is 5.82 Å². The number of amides is 2. The highest BCUT2D eigenvalue weighted by atomic mass is 33.1. The SMILES string of the molecule is CSS[C@@H](CO)O[C@@H]1C[C@H](BC#CCNC(=O)COCCOC(COc2cccc(C(=O)NCCN)c2)SSC(C)(C)C)OC1COC(C)(C)P(=O)(O)O. The smallest absolute Gasteiger partial charge is 0.356 e. The lowest BCUT2D eigenvalue weighted by molar-refractivity contribution is -0.126. The molecule has 2 rings (SSSR count). The first-order chi connectivity index (χ1) is 25.5. The molecule has 0 aliphatic carbocycles. The predicted octanol–water partition coefficient (Wildman–Crippen LogP) is 2.57. The molecule has 1 aliphatic rings. The number of ether oxygens (including phenoxy) is 6. The molecule has 5 atom stereocenters. The standard InChI is InChI=1S/C33H55BN3O12PS4/c1-32(2,3)54-53-30(22-46-24-10-7-9-23(17-24)31(40)37-14-12-35)45-16-15-44-21-28(39)36-13-8-11-34-27-18-25(49-29(19-38)52-51-6)26(48-27)20-47-33(4,5)50(41,42)43/h7,9-10,17,25-27,29-30,34,38H,12-16,18-22,35H2,1-6H3,(H,36,39)(H,37,40)(H2,41,42,43)/t25-,26?,27-,29+,30?/m1/s1. The summed E-state index contributed by atoms with van der Waals surface area (Å²) in [5.74, 6) is 5.86. The van der Waals surface area contributed by atoms with Crippen molar-refractivity contribution >= 4 is 69.9 Å². The zero-order valence-corrected chi connectivity index (χ0v) is 35.8. The van der Waals surface area contributed by atoms with E-state index in [9.17, 15) is 29.0 Å². The van der Waals surface area contributed by atoms with Gasteiger partial charge >= 0.3 is 7.60 Å². The van der Waals surface area contributed by atoms with Crippen LogP contribution in [0.5, 0.6) is 5.75 Å². The van der Waals surface area contributed by atoms with Gasteiger partial charge in [-0.25, -0.2) is 0 Å². The average Bonchev–Trinajstić information content (AvgIpc) is 3.50. The van der Waals surface area contributed by atoms with Crippen LogP contribution in [-0.2, 0) is 33.0 Å². The molecule has 2 unspecified atom stereocenters. The minimum Gasteiger partial charge on any atom is -0.490 e. The quantitative estimate of drug-likeness (QED) is 0.0208. The van der Waals surface area contributed by atoms with Crippen LogP contribution in [0.1, 0.15) is 51.4 Å². The summed E-state index contributed by atoms with van der Waals surface area (Å²) in [6.45, 7) is 9.86. The second-order valence-corrected chi connectivity index (χ2v) is 21.2. The first kappa shape index (κ1) is 49.0. The molecule has 1 fully saturated rings. The molecule has 2 amide bonds. The van der Waals surface area contributed by atoms with Gasteiger partial charge in [-0.1, -0.05) is 75.9 Å². The zero-order chi connectivity index (χ0) is 40.2. The molecular formula is C33H55BN3O12PS4. The molecule has 1 aromatic rings. The monoisotopic (exact) mass is 855 g/mol. The number of aliphatic hydroxyl groups is 1. The summed E-state index contributed by atoms with van der Waals surface area (Å²) in [5, 5.41) is 13.4. The van der Waals surface area contributed by atoms with E-state index in [2.05, 4.69) is 43.1 Å². The van der Waals surface area contributed by atoms with Crippen molar-refractivity contribution in [3.05, 3.63) is 29.8 Å². The molecule has 0 aromatic heterocycles. The molecule has 54 heavy (non-hydrogen) atoms. The van der Waals surface area contributed by atoms with Gasteiger partial charge in [0, 0.05) is 29.4 Å². The fraction of sp³-hybridized carbons (Fsp3) is 0.697. The highest BCUT2D eigenvalue weighted by Crippen LogP contribution is 2.51. The molecule has 0 saturated carbocycles. The Bertz CT molecular complexity index is 1400.